The molecular formula is C9H12O3S. The van der Waals surface area contributed by atoms with Gasteiger partial charge in [-0.1, -0.05) is 17.7 Å². The molecule has 0 amide bonds. The van der Waals surface area contributed by atoms with E-state index >= 15 is 0 Å². The van der Waals surface area contributed by atoms with Crippen LogP contribution in [0.1, 0.15) is 5.56 Å². The van der Waals surface area contributed by atoms with E-state index in [-0.39, 0.29) is 13.2 Å². The van der Waals surface area contributed by atoms with Crippen LogP contribution in [0.4, 0.5) is 0 Å². The van der Waals surface area contributed by atoms with Crippen molar-refractivity contribution >= 4 is 11.1 Å². The summed E-state index contributed by atoms with van der Waals surface area (Å²) in [7, 11) is 0. The Labute approximate surface area is 80.0 Å². The van der Waals surface area contributed by atoms with Crippen molar-refractivity contribution in [3.05, 3.63) is 29.8 Å². The Morgan fingerprint density at radius 1 is 1.38 bits per heavy atom. The van der Waals surface area contributed by atoms with E-state index < -0.39 is 11.1 Å². The molecule has 1 N–H and O–H groups in total. The van der Waals surface area contributed by atoms with Gasteiger partial charge in [-0.3, -0.25) is 4.18 Å². The molecule has 4 heteroatoms. The maximum Gasteiger partial charge on any atom is 0.189 e. The van der Waals surface area contributed by atoms with E-state index in [9.17, 15) is 4.21 Å². The molecule has 0 aliphatic carbocycles. The van der Waals surface area contributed by atoms with Gasteiger partial charge in [0.15, 0.2) is 11.1 Å². The first-order valence-corrected chi connectivity index (χ1v) is 5.04. The SMILES string of the molecule is Cc1ccc(S(=O)OCCO)cc1. The third-order valence-corrected chi connectivity index (χ3v) is 2.53. The monoisotopic (exact) mass is 200 g/mol. The van der Waals surface area contributed by atoms with Crippen LogP contribution in [0, 0.1) is 6.92 Å². The zero-order valence-corrected chi connectivity index (χ0v) is 8.21. The van der Waals surface area contributed by atoms with Crippen LogP contribution in [0.3, 0.4) is 0 Å². The number of benzene rings is 1. The van der Waals surface area contributed by atoms with Crippen molar-refractivity contribution < 1.29 is 13.5 Å². The van der Waals surface area contributed by atoms with E-state index in [1.165, 1.54) is 0 Å². The molecular weight excluding hydrogens is 188 g/mol. The number of rotatable bonds is 4. The molecule has 0 bridgehead atoms. The second kappa shape index (κ2) is 5.11. The summed E-state index contributed by atoms with van der Waals surface area (Å²) in [6, 6.07) is 7.25. The van der Waals surface area contributed by atoms with Crippen molar-refractivity contribution in [2.24, 2.45) is 0 Å². The highest BCUT2D eigenvalue weighted by molar-refractivity contribution is 7.80. The van der Waals surface area contributed by atoms with Gasteiger partial charge in [0, 0.05) is 0 Å². The van der Waals surface area contributed by atoms with Gasteiger partial charge in [0.1, 0.15) is 0 Å². The van der Waals surface area contributed by atoms with Crippen LogP contribution in [0.5, 0.6) is 0 Å². The number of aliphatic hydroxyl groups excluding tert-OH is 1. The minimum atomic E-state index is -1.45. The Morgan fingerprint density at radius 3 is 2.54 bits per heavy atom. The first-order chi connectivity index (χ1) is 6.24. The Balaban J connectivity index is 2.61. The summed E-state index contributed by atoms with van der Waals surface area (Å²) in [6.45, 7) is 1.94. The van der Waals surface area contributed by atoms with E-state index in [0.29, 0.717) is 4.90 Å². The number of hydrogen-bond acceptors (Lipinski definition) is 3. The van der Waals surface area contributed by atoms with Crippen LogP contribution in [0.25, 0.3) is 0 Å². The van der Waals surface area contributed by atoms with Crippen LogP contribution < -0.4 is 0 Å². The Morgan fingerprint density at radius 2 is 2.00 bits per heavy atom. The molecule has 0 saturated carbocycles. The summed E-state index contributed by atoms with van der Waals surface area (Å²) in [5, 5.41) is 8.45. The summed E-state index contributed by atoms with van der Waals surface area (Å²) in [4.78, 5) is 0.624. The smallest absolute Gasteiger partial charge is 0.189 e. The molecule has 0 aromatic heterocycles. The second-order valence-electron chi connectivity index (χ2n) is 2.59. The maximum atomic E-state index is 11.3. The van der Waals surface area contributed by atoms with Crippen molar-refractivity contribution in [1.82, 2.24) is 0 Å². The van der Waals surface area contributed by atoms with E-state index in [1.807, 2.05) is 19.1 Å². The van der Waals surface area contributed by atoms with Crippen LogP contribution in [0.15, 0.2) is 29.2 Å². The Hall–Kier alpha value is -0.710. The zero-order chi connectivity index (χ0) is 9.68. The fraction of sp³-hybridized carbons (Fsp3) is 0.333. The van der Waals surface area contributed by atoms with Crippen molar-refractivity contribution in [3.8, 4) is 0 Å². The number of aliphatic hydroxyl groups is 1. The van der Waals surface area contributed by atoms with Gasteiger partial charge < -0.3 is 5.11 Å². The molecule has 1 rings (SSSR count). The van der Waals surface area contributed by atoms with Crippen LogP contribution in [-0.2, 0) is 15.3 Å². The highest BCUT2D eigenvalue weighted by Crippen LogP contribution is 2.08. The van der Waals surface area contributed by atoms with Gasteiger partial charge in [0.25, 0.3) is 0 Å². The van der Waals surface area contributed by atoms with E-state index in [0.717, 1.165) is 5.56 Å². The van der Waals surface area contributed by atoms with Gasteiger partial charge in [-0.2, -0.15) is 0 Å². The van der Waals surface area contributed by atoms with Crippen molar-refractivity contribution in [2.75, 3.05) is 13.2 Å². The highest BCUT2D eigenvalue weighted by Gasteiger charge is 2.02. The average Bonchev–Trinajstić information content (AvgIpc) is 2.15. The Kier molecular flexibility index (Phi) is 4.08. The molecule has 0 spiro atoms. The normalized spacial score (nSPS) is 12.8. The van der Waals surface area contributed by atoms with E-state index in [4.69, 9.17) is 9.29 Å². The van der Waals surface area contributed by atoms with Gasteiger partial charge in [-0.05, 0) is 19.1 Å². The fourth-order valence-corrected chi connectivity index (χ4v) is 1.55. The first kappa shape index (κ1) is 10.4. The molecule has 0 radical (unpaired) electrons. The van der Waals surface area contributed by atoms with Gasteiger partial charge in [0.2, 0.25) is 0 Å². The Bertz CT molecular complexity index is 281. The highest BCUT2D eigenvalue weighted by atomic mass is 32.2. The minimum Gasteiger partial charge on any atom is -0.394 e. The molecule has 3 nitrogen and oxygen atoms in total. The number of aryl methyl sites for hydroxylation is 1. The second-order valence-corrected chi connectivity index (χ2v) is 3.77. The topological polar surface area (TPSA) is 46.5 Å². The lowest BCUT2D eigenvalue weighted by molar-refractivity contribution is 0.213. The van der Waals surface area contributed by atoms with Crippen LogP contribution in [-0.4, -0.2) is 22.5 Å². The molecule has 1 atom stereocenters. The summed E-state index contributed by atoms with van der Waals surface area (Å²) in [5.74, 6) is 0. The number of hydrogen-bond donors (Lipinski definition) is 1. The molecule has 1 aromatic carbocycles. The average molecular weight is 200 g/mol. The zero-order valence-electron chi connectivity index (χ0n) is 7.40. The fourth-order valence-electron chi connectivity index (χ4n) is 0.830. The van der Waals surface area contributed by atoms with Gasteiger partial charge >= 0.3 is 0 Å². The van der Waals surface area contributed by atoms with E-state index in [1.54, 1.807) is 12.1 Å². The molecule has 1 aromatic rings. The maximum absolute atomic E-state index is 11.3. The molecule has 1 unspecified atom stereocenters. The van der Waals surface area contributed by atoms with Gasteiger partial charge in [0.05, 0.1) is 18.1 Å². The van der Waals surface area contributed by atoms with Crippen molar-refractivity contribution in [2.45, 2.75) is 11.8 Å². The van der Waals surface area contributed by atoms with Gasteiger partial charge in [-0.25, -0.2) is 4.21 Å². The largest absolute Gasteiger partial charge is 0.394 e. The predicted molar refractivity (Wildman–Crippen MR) is 50.6 cm³/mol. The third kappa shape index (κ3) is 3.26. The quantitative estimate of drug-likeness (QED) is 0.789. The predicted octanol–water partition coefficient (Wildman–Crippen LogP) is 1.03. The summed E-state index contributed by atoms with van der Waals surface area (Å²) in [6.07, 6.45) is 0. The van der Waals surface area contributed by atoms with Crippen LogP contribution in [0.2, 0.25) is 0 Å². The lowest BCUT2D eigenvalue weighted by Crippen LogP contribution is -2.02. The molecule has 0 aliphatic rings. The lowest BCUT2D eigenvalue weighted by atomic mass is 10.2. The summed E-state index contributed by atoms with van der Waals surface area (Å²) in [5.41, 5.74) is 1.11. The standard InChI is InChI=1S/C9H12O3S/c1-8-2-4-9(5-3-8)13(11)12-7-6-10/h2-5,10H,6-7H2,1H3. The molecule has 0 fully saturated rings. The van der Waals surface area contributed by atoms with Crippen molar-refractivity contribution in [1.29, 1.82) is 0 Å². The molecule has 0 heterocycles. The van der Waals surface area contributed by atoms with E-state index in [2.05, 4.69) is 0 Å². The first-order valence-electron chi connectivity index (χ1n) is 3.96. The lowest BCUT2D eigenvalue weighted by Gasteiger charge is -2.01. The van der Waals surface area contributed by atoms with Crippen LogP contribution >= 0.6 is 0 Å². The van der Waals surface area contributed by atoms with Gasteiger partial charge in [-0.15, -0.1) is 0 Å². The third-order valence-electron chi connectivity index (χ3n) is 1.50. The van der Waals surface area contributed by atoms with Crippen molar-refractivity contribution in [3.63, 3.8) is 0 Å². The summed E-state index contributed by atoms with van der Waals surface area (Å²) < 4.78 is 16.1. The molecule has 72 valence electrons. The minimum absolute atomic E-state index is 0.0977. The molecule has 0 saturated heterocycles. The summed E-state index contributed by atoms with van der Waals surface area (Å²) >= 11 is -1.45. The molecule has 0 aliphatic heterocycles. The molecule has 13 heavy (non-hydrogen) atoms.